The molecule has 2 aromatic heterocycles. The van der Waals surface area contributed by atoms with Crippen molar-refractivity contribution in [3.8, 4) is 11.3 Å². The summed E-state index contributed by atoms with van der Waals surface area (Å²) in [4.78, 5) is 36.4. The van der Waals surface area contributed by atoms with E-state index in [1.54, 1.807) is 27.9 Å². The van der Waals surface area contributed by atoms with Crippen LogP contribution in [0.25, 0.3) is 22.2 Å². The van der Waals surface area contributed by atoms with Crippen molar-refractivity contribution in [1.82, 2.24) is 14.5 Å². The van der Waals surface area contributed by atoms with E-state index in [9.17, 15) is 9.59 Å². The highest BCUT2D eigenvalue weighted by Gasteiger charge is 2.18. The minimum absolute atomic E-state index is 0.0449. The SMILES string of the molecule is C=CCN(C(=O)CCCn1cnc2c(C)cccc2c1=O)c1nc(-c2ccccc2)cs1. The van der Waals surface area contributed by atoms with E-state index in [1.807, 2.05) is 54.8 Å². The lowest BCUT2D eigenvalue weighted by Crippen LogP contribution is -2.31. The third-order valence-electron chi connectivity index (χ3n) is 5.25. The molecule has 0 aliphatic carbocycles. The molecule has 0 spiro atoms. The maximum Gasteiger partial charge on any atom is 0.261 e. The van der Waals surface area contributed by atoms with E-state index in [4.69, 9.17) is 0 Å². The van der Waals surface area contributed by atoms with Crippen LogP contribution in [0, 0.1) is 6.92 Å². The third kappa shape index (κ3) is 4.53. The summed E-state index contributed by atoms with van der Waals surface area (Å²) < 4.78 is 1.57. The zero-order valence-corrected chi connectivity index (χ0v) is 18.7. The summed E-state index contributed by atoms with van der Waals surface area (Å²) >= 11 is 1.44. The molecule has 0 aliphatic heterocycles. The number of carbonyl (C=O) groups is 1. The molecule has 7 heteroatoms. The number of aromatic nitrogens is 3. The van der Waals surface area contributed by atoms with Gasteiger partial charge in [-0.2, -0.15) is 0 Å². The fraction of sp³-hybridized carbons (Fsp3) is 0.200. The molecule has 1 amide bonds. The molecule has 32 heavy (non-hydrogen) atoms. The Morgan fingerprint density at radius 1 is 1.19 bits per heavy atom. The van der Waals surface area contributed by atoms with E-state index >= 15 is 0 Å². The number of amides is 1. The fourth-order valence-corrected chi connectivity index (χ4v) is 4.44. The number of carbonyl (C=O) groups excluding carboxylic acids is 1. The van der Waals surface area contributed by atoms with Crippen molar-refractivity contribution in [3.63, 3.8) is 0 Å². The molecule has 0 aliphatic rings. The lowest BCUT2D eigenvalue weighted by atomic mass is 10.1. The van der Waals surface area contributed by atoms with Crippen LogP contribution in [0.2, 0.25) is 0 Å². The number of benzene rings is 2. The lowest BCUT2D eigenvalue weighted by Gasteiger charge is -2.18. The fourth-order valence-electron chi connectivity index (χ4n) is 3.58. The van der Waals surface area contributed by atoms with Gasteiger partial charge in [-0.25, -0.2) is 9.97 Å². The molecular formula is C25H24N4O2S. The Kier molecular flexibility index (Phi) is 6.56. The molecule has 0 unspecified atom stereocenters. The van der Waals surface area contributed by atoms with Gasteiger partial charge in [0, 0.05) is 30.5 Å². The maximum atomic E-state index is 13.0. The van der Waals surface area contributed by atoms with Gasteiger partial charge in [-0.05, 0) is 25.0 Å². The topological polar surface area (TPSA) is 68.1 Å². The van der Waals surface area contributed by atoms with Gasteiger partial charge >= 0.3 is 0 Å². The second kappa shape index (κ2) is 9.70. The van der Waals surface area contributed by atoms with E-state index in [0.29, 0.717) is 36.4 Å². The first kappa shape index (κ1) is 21.6. The summed E-state index contributed by atoms with van der Waals surface area (Å²) in [5, 5.41) is 3.20. The second-order valence-electron chi connectivity index (χ2n) is 7.49. The predicted octanol–water partition coefficient (Wildman–Crippen LogP) is 4.83. The van der Waals surface area contributed by atoms with Crippen molar-refractivity contribution in [3.05, 3.63) is 88.8 Å². The molecule has 2 heterocycles. The zero-order chi connectivity index (χ0) is 22.5. The van der Waals surface area contributed by atoms with Gasteiger partial charge in [-0.15, -0.1) is 17.9 Å². The first-order valence-corrected chi connectivity index (χ1v) is 11.3. The molecule has 4 rings (SSSR count). The smallest absolute Gasteiger partial charge is 0.261 e. The Balaban J connectivity index is 1.45. The standard InChI is InChI=1S/C25H24N4O2S/c1-3-14-29(25-27-21(16-32-25)19-10-5-4-6-11-19)22(30)13-8-15-28-17-26-23-18(2)9-7-12-20(23)24(28)31/h3-7,9-12,16-17H,1,8,13-15H2,2H3. The van der Waals surface area contributed by atoms with Crippen LogP contribution in [0.15, 0.2) is 77.7 Å². The number of fused-ring (bicyclic) bond motifs is 1. The van der Waals surface area contributed by atoms with E-state index in [2.05, 4.69) is 16.5 Å². The predicted molar refractivity (Wildman–Crippen MR) is 130 cm³/mol. The van der Waals surface area contributed by atoms with E-state index < -0.39 is 0 Å². The highest BCUT2D eigenvalue weighted by Crippen LogP contribution is 2.28. The Labute approximate surface area is 190 Å². The Morgan fingerprint density at radius 2 is 2.00 bits per heavy atom. The summed E-state index contributed by atoms with van der Waals surface area (Å²) in [7, 11) is 0. The van der Waals surface area contributed by atoms with Gasteiger partial charge in [-0.3, -0.25) is 19.1 Å². The lowest BCUT2D eigenvalue weighted by molar-refractivity contribution is -0.118. The van der Waals surface area contributed by atoms with Crippen molar-refractivity contribution in [2.45, 2.75) is 26.3 Å². The van der Waals surface area contributed by atoms with Crippen molar-refractivity contribution < 1.29 is 4.79 Å². The van der Waals surface area contributed by atoms with Gasteiger partial charge in [0.2, 0.25) is 5.91 Å². The van der Waals surface area contributed by atoms with Gasteiger partial charge in [0.1, 0.15) is 0 Å². The van der Waals surface area contributed by atoms with Crippen LogP contribution >= 0.6 is 11.3 Å². The van der Waals surface area contributed by atoms with Gasteiger partial charge in [-0.1, -0.05) is 48.5 Å². The van der Waals surface area contributed by atoms with Gasteiger partial charge in [0.25, 0.3) is 5.56 Å². The quantitative estimate of drug-likeness (QED) is 0.365. The number of hydrogen-bond donors (Lipinski definition) is 0. The van der Waals surface area contributed by atoms with Crippen LogP contribution in [-0.2, 0) is 11.3 Å². The Bertz CT molecular complexity index is 1310. The maximum absolute atomic E-state index is 13.0. The Morgan fingerprint density at radius 3 is 2.78 bits per heavy atom. The molecule has 0 radical (unpaired) electrons. The number of hydrogen-bond acceptors (Lipinski definition) is 5. The van der Waals surface area contributed by atoms with Crippen LogP contribution in [0.4, 0.5) is 5.13 Å². The summed E-state index contributed by atoms with van der Waals surface area (Å²) in [5.41, 5.74) is 3.47. The number of rotatable bonds is 8. The summed E-state index contributed by atoms with van der Waals surface area (Å²) in [6, 6.07) is 15.5. The molecule has 0 bridgehead atoms. The average Bonchev–Trinajstić information content (AvgIpc) is 3.30. The third-order valence-corrected chi connectivity index (χ3v) is 6.11. The van der Waals surface area contributed by atoms with E-state index in [0.717, 1.165) is 22.3 Å². The van der Waals surface area contributed by atoms with Crippen LogP contribution in [0.1, 0.15) is 18.4 Å². The van der Waals surface area contributed by atoms with Gasteiger partial charge < -0.3 is 0 Å². The van der Waals surface area contributed by atoms with Crippen molar-refractivity contribution in [2.24, 2.45) is 0 Å². The molecule has 4 aromatic rings. The highest BCUT2D eigenvalue weighted by atomic mass is 32.1. The van der Waals surface area contributed by atoms with Crippen LogP contribution < -0.4 is 10.5 Å². The molecular weight excluding hydrogens is 420 g/mol. The first-order chi connectivity index (χ1) is 15.6. The monoisotopic (exact) mass is 444 g/mol. The molecule has 162 valence electrons. The first-order valence-electron chi connectivity index (χ1n) is 10.5. The van der Waals surface area contributed by atoms with Crippen molar-refractivity contribution in [2.75, 3.05) is 11.4 Å². The molecule has 0 saturated heterocycles. The average molecular weight is 445 g/mol. The van der Waals surface area contributed by atoms with E-state index in [1.165, 1.54) is 11.3 Å². The zero-order valence-electron chi connectivity index (χ0n) is 17.9. The number of anilines is 1. The molecule has 2 aromatic carbocycles. The summed E-state index contributed by atoms with van der Waals surface area (Å²) in [5.74, 6) is -0.0449. The highest BCUT2D eigenvalue weighted by molar-refractivity contribution is 7.14. The van der Waals surface area contributed by atoms with Gasteiger partial charge in [0.15, 0.2) is 5.13 Å². The number of aryl methyl sites for hydroxylation is 2. The molecule has 0 fully saturated rings. The minimum atomic E-state index is -0.0819. The number of para-hydroxylation sites is 1. The largest absolute Gasteiger partial charge is 0.299 e. The van der Waals surface area contributed by atoms with E-state index in [-0.39, 0.29) is 11.5 Å². The normalized spacial score (nSPS) is 10.9. The summed E-state index contributed by atoms with van der Waals surface area (Å²) in [6.45, 7) is 6.53. The Hall–Kier alpha value is -3.58. The van der Waals surface area contributed by atoms with Gasteiger partial charge in [0.05, 0.1) is 22.9 Å². The number of thiazole rings is 1. The molecule has 0 atom stereocenters. The minimum Gasteiger partial charge on any atom is -0.299 e. The molecule has 0 saturated carbocycles. The number of nitrogens with zero attached hydrogens (tertiary/aromatic N) is 4. The van der Waals surface area contributed by atoms with Crippen molar-refractivity contribution >= 4 is 33.3 Å². The van der Waals surface area contributed by atoms with Crippen LogP contribution in [0.5, 0.6) is 0 Å². The molecule has 6 nitrogen and oxygen atoms in total. The summed E-state index contributed by atoms with van der Waals surface area (Å²) in [6.07, 6.45) is 4.09. The van der Waals surface area contributed by atoms with Crippen LogP contribution in [-0.4, -0.2) is 27.0 Å². The molecule has 0 N–H and O–H groups in total. The van der Waals surface area contributed by atoms with Crippen LogP contribution in [0.3, 0.4) is 0 Å². The van der Waals surface area contributed by atoms with Crippen molar-refractivity contribution in [1.29, 1.82) is 0 Å². The second-order valence-corrected chi connectivity index (χ2v) is 8.33.